The van der Waals surface area contributed by atoms with Gasteiger partial charge in [-0.15, -0.1) is 0 Å². The summed E-state index contributed by atoms with van der Waals surface area (Å²) in [6.07, 6.45) is 3.21. The number of hydrogen-bond acceptors (Lipinski definition) is 4. The van der Waals surface area contributed by atoms with E-state index < -0.39 is 5.82 Å². The fourth-order valence-corrected chi connectivity index (χ4v) is 3.97. The van der Waals surface area contributed by atoms with Crippen molar-refractivity contribution in [1.82, 2.24) is 0 Å². The van der Waals surface area contributed by atoms with Crippen molar-refractivity contribution in [2.45, 2.75) is 20.8 Å². The molecule has 1 amide bonds. The lowest BCUT2D eigenvalue weighted by Crippen LogP contribution is -2.09. The molecule has 174 valence electrons. The fourth-order valence-electron chi connectivity index (χ4n) is 3.97. The predicted octanol–water partition coefficient (Wildman–Crippen LogP) is 7.00. The van der Waals surface area contributed by atoms with Gasteiger partial charge in [0, 0.05) is 33.8 Å². The Morgan fingerprint density at radius 1 is 1.15 bits per heavy atom. The molecule has 1 aromatic heterocycles. The van der Waals surface area contributed by atoms with Crippen LogP contribution in [-0.4, -0.2) is 19.6 Å². The zero-order chi connectivity index (χ0) is 24.2. The van der Waals surface area contributed by atoms with Crippen molar-refractivity contribution in [2.75, 3.05) is 19.0 Å². The summed E-state index contributed by atoms with van der Waals surface area (Å²) in [6, 6.07) is 15.5. The molecule has 0 unspecified atom stereocenters. The minimum Gasteiger partial charge on any atom is -0.497 e. The average molecular weight is 460 g/mol. The van der Waals surface area contributed by atoms with E-state index in [1.807, 2.05) is 51.1 Å². The Balaban J connectivity index is 1.79. The zero-order valence-corrected chi connectivity index (χ0v) is 19.6. The molecule has 0 saturated heterocycles. The van der Waals surface area contributed by atoms with Gasteiger partial charge < -0.3 is 19.2 Å². The highest BCUT2D eigenvalue weighted by molar-refractivity contribution is 6.06. The van der Waals surface area contributed by atoms with Gasteiger partial charge in [-0.05, 0) is 68.3 Å². The van der Waals surface area contributed by atoms with E-state index in [1.165, 1.54) is 18.2 Å². The minimum absolute atomic E-state index is 0.358. The van der Waals surface area contributed by atoms with Crippen LogP contribution in [0.5, 0.6) is 11.5 Å². The van der Waals surface area contributed by atoms with Crippen LogP contribution < -0.4 is 14.8 Å². The summed E-state index contributed by atoms with van der Waals surface area (Å²) in [6.45, 7) is 6.16. The van der Waals surface area contributed by atoms with Crippen LogP contribution in [0, 0.1) is 12.7 Å². The first kappa shape index (κ1) is 23.1. The number of nitrogens with one attached hydrogen (secondary N) is 1. The van der Waals surface area contributed by atoms with Gasteiger partial charge >= 0.3 is 0 Å². The van der Waals surface area contributed by atoms with Gasteiger partial charge in [-0.2, -0.15) is 0 Å². The predicted molar refractivity (Wildman–Crippen MR) is 133 cm³/mol. The lowest BCUT2D eigenvalue weighted by atomic mass is 9.96. The lowest BCUT2D eigenvalue weighted by Gasteiger charge is -2.15. The molecule has 3 aromatic carbocycles. The molecule has 1 heterocycles. The van der Waals surface area contributed by atoms with Gasteiger partial charge in [-0.1, -0.05) is 18.2 Å². The van der Waals surface area contributed by atoms with Gasteiger partial charge in [0.15, 0.2) is 0 Å². The second kappa shape index (κ2) is 9.83. The highest BCUT2D eigenvalue weighted by Crippen LogP contribution is 2.41. The Hall–Kier alpha value is -4.06. The summed E-state index contributed by atoms with van der Waals surface area (Å²) in [4.78, 5) is 12.7. The molecule has 0 bridgehead atoms. The molecule has 6 heteroatoms. The van der Waals surface area contributed by atoms with Crippen LogP contribution in [0.4, 0.5) is 10.1 Å². The first-order chi connectivity index (χ1) is 16.4. The van der Waals surface area contributed by atoms with E-state index in [4.69, 9.17) is 13.9 Å². The quantitative estimate of drug-likeness (QED) is 0.302. The van der Waals surface area contributed by atoms with Gasteiger partial charge in [0.2, 0.25) is 5.91 Å². The number of methoxy groups -OCH3 is 1. The van der Waals surface area contributed by atoms with Crippen molar-refractivity contribution in [1.29, 1.82) is 0 Å². The Bertz CT molecular complexity index is 1390. The number of hydrogen-bond donors (Lipinski definition) is 1. The summed E-state index contributed by atoms with van der Waals surface area (Å²) in [5.41, 5.74) is 5.33. The Kier molecular flexibility index (Phi) is 6.68. The molecule has 0 aliphatic carbocycles. The molecule has 0 atom stereocenters. The topological polar surface area (TPSA) is 60.7 Å². The van der Waals surface area contributed by atoms with Crippen molar-refractivity contribution in [3.63, 3.8) is 0 Å². The number of halogens is 1. The van der Waals surface area contributed by atoms with E-state index in [0.717, 1.165) is 39.0 Å². The van der Waals surface area contributed by atoms with Crippen molar-refractivity contribution >= 4 is 28.1 Å². The van der Waals surface area contributed by atoms with Gasteiger partial charge in [-0.3, -0.25) is 4.79 Å². The maximum Gasteiger partial charge on any atom is 0.248 e. The van der Waals surface area contributed by atoms with Crippen LogP contribution >= 0.6 is 0 Å². The van der Waals surface area contributed by atoms with Crippen LogP contribution in [0.2, 0.25) is 0 Å². The van der Waals surface area contributed by atoms with Crippen molar-refractivity contribution in [3.05, 3.63) is 83.9 Å². The third-order valence-electron chi connectivity index (χ3n) is 5.58. The molecule has 0 aliphatic rings. The standard InChI is InChI=1S/C28H26FNO4/c1-5-33-27-18(3)28-24(25(16-34-28)19-8-6-11-22(13-19)32-4)15-23(27)17(2)12-26(31)30-21-10-7-9-20(29)14-21/h6-16H,5H2,1-4H3,(H,30,31)/b17-12+. The number of amides is 1. The highest BCUT2D eigenvalue weighted by atomic mass is 19.1. The number of benzene rings is 3. The number of allylic oxidation sites excluding steroid dienone is 1. The molecule has 34 heavy (non-hydrogen) atoms. The SMILES string of the molecule is CCOc1c(/C(C)=C/C(=O)Nc2cccc(F)c2)cc2c(-c3cccc(OC)c3)coc2c1C. The molecule has 1 N–H and O–H groups in total. The maximum atomic E-state index is 13.5. The number of rotatable bonds is 7. The Morgan fingerprint density at radius 3 is 2.68 bits per heavy atom. The third kappa shape index (κ3) is 4.66. The first-order valence-corrected chi connectivity index (χ1v) is 11.0. The Labute approximate surface area is 197 Å². The van der Waals surface area contributed by atoms with E-state index in [-0.39, 0.29) is 5.91 Å². The molecule has 0 fully saturated rings. The van der Waals surface area contributed by atoms with Crippen LogP contribution in [-0.2, 0) is 4.79 Å². The number of ether oxygens (including phenoxy) is 2. The van der Waals surface area contributed by atoms with Gasteiger partial charge in [0.05, 0.1) is 20.0 Å². The second-order valence-electron chi connectivity index (χ2n) is 7.90. The van der Waals surface area contributed by atoms with Crippen molar-refractivity contribution in [2.24, 2.45) is 0 Å². The number of carbonyl (C=O) groups excluding carboxylic acids is 1. The minimum atomic E-state index is -0.414. The van der Waals surface area contributed by atoms with E-state index >= 15 is 0 Å². The molecular weight excluding hydrogens is 433 g/mol. The maximum absolute atomic E-state index is 13.5. The third-order valence-corrected chi connectivity index (χ3v) is 5.58. The molecule has 4 rings (SSSR count). The van der Waals surface area contributed by atoms with Crippen LogP contribution in [0.15, 0.2) is 71.4 Å². The van der Waals surface area contributed by atoms with Crippen LogP contribution in [0.3, 0.4) is 0 Å². The van der Waals surface area contributed by atoms with E-state index in [2.05, 4.69) is 5.32 Å². The van der Waals surface area contributed by atoms with Gasteiger partial charge in [0.25, 0.3) is 0 Å². The summed E-state index contributed by atoms with van der Waals surface area (Å²) in [5, 5.41) is 3.61. The number of fused-ring (bicyclic) bond motifs is 1. The van der Waals surface area contributed by atoms with Gasteiger partial charge in [-0.25, -0.2) is 4.39 Å². The van der Waals surface area contributed by atoms with E-state index in [1.54, 1.807) is 25.5 Å². The summed E-state index contributed by atoms with van der Waals surface area (Å²) < 4.78 is 30.8. The summed E-state index contributed by atoms with van der Waals surface area (Å²) in [7, 11) is 1.63. The van der Waals surface area contributed by atoms with Crippen molar-refractivity contribution in [3.8, 4) is 22.6 Å². The molecule has 0 saturated carbocycles. The summed E-state index contributed by atoms with van der Waals surface area (Å²) in [5.74, 6) is 0.639. The molecule has 5 nitrogen and oxygen atoms in total. The fraction of sp³-hybridized carbons (Fsp3) is 0.179. The second-order valence-corrected chi connectivity index (χ2v) is 7.90. The molecular formula is C28H26FNO4. The van der Waals surface area contributed by atoms with E-state index in [9.17, 15) is 9.18 Å². The smallest absolute Gasteiger partial charge is 0.248 e. The zero-order valence-electron chi connectivity index (χ0n) is 19.6. The highest BCUT2D eigenvalue weighted by Gasteiger charge is 2.19. The average Bonchev–Trinajstić information content (AvgIpc) is 3.25. The molecule has 0 aliphatic heterocycles. The van der Waals surface area contributed by atoms with Gasteiger partial charge in [0.1, 0.15) is 22.9 Å². The molecule has 0 spiro atoms. The van der Waals surface area contributed by atoms with Crippen LogP contribution in [0.25, 0.3) is 27.7 Å². The summed E-state index contributed by atoms with van der Waals surface area (Å²) >= 11 is 0. The number of carbonyl (C=O) groups is 1. The monoisotopic (exact) mass is 459 g/mol. The number of anilines is 1. The Morgan fingerprint density at radius 2 is 1.94 bits per heavy atom. The normalized spacial score (nSPS) is 11.5. The van der Waals surface area contributed by atoms with E-state index in [0.29, 0.717) is 23.6 Å². The lowest BCUT2D eigenvalue weighted by molar-refractivity contribution is -0.111. The largest absolute Gasteiger partial charge is 0.497 e. The van der Waals surface area contributed by atoms with Crippen molar-refractivity contribution < 1.29 is 23.1 Å². The first-order valence-electron chi connectivity index (χ1n) is 11.0. The molecule has 4 aromatic rings. The number of furan rings is 1. The van der Waals surface area contributed by atoms with Crippen LogP contribution in [0.1, 0.15) is 25.0 Å². The number of aryl methyl sites for hydroxylation is 1. The molecule has 0 radical (unpaired) electrons.